The van der Waals surface area contributed by atoms with Gasteiger partial charge in [0, 0.05) is 17.6 Å². The van der Waals surface area contributed by atoms with Gasteiger partial charge in [0.2, 0.25) is 0 Å². The van der Waals surface area contributed by atoms with Crippen LogP contribution in [-0.4, -0.2) is 16.9 Å². The van der Waals surface area contributed by atoms with Crippen LogP contribution < -0.4 is 0 Å². The molecule has 1 aromatic carbocycles. The van der Waals surface area contributed by atoms with Crippen molar-refractivity contribution in [2.45, 2.75) is 6.42 Å². The Bertz CT molecular complexity index is 365. The number of hydrogen-bond acceptors (Lipinski definition) is 2. The van der Waals surface area contributed by atoms with Crippen LogP contribution in [0.3, 0.4) is 0 Å². The van der Waals surface area contributed by atoms with Gasteiger partial charge in [-0.1, -0.05) is 36.9 Å². The van der Waals surface area contributed by atoms with Gasteiger partial charge in [0.25, 0.3) is 0 Å². The summed E-state index contributed by atoms with van der Waals surface area (Å²) in [5, 5.41) is 8.53. The molecule has 0 bridgehead atoms. The molecule has 1 aromatic rings. The lowest BCUT2D eigenvalue weighted by atomic mass is 10.0. The molecular weight excluding hydrogens is 180 g/mol. The average Bonchev–Trinajstić information content (AvgIpc) is 2.19. The molecule has 0 radical (unpaired) electrons. The maximum absolute atomic E-state index is 11.4. The van der Waals surface area contributed by atoms with E-state index >= 15 is 0 Å². The van der Waals surface area contributed by atoms with Gasteiger partial charge in [0.15, 0.2) is 5.78 Å². The number of rotatable bonds is 4. The maximum Gasteiger partial charge on any atom is 0.331 e. The molecule has 0 amide bonds. The van der Waals surface area contributed by atoms with Gasteiger partial charge in [0.1, 0.15) is 0 Å². The zero-order valence-electron chi connectivity index (χ0n) is 7.56. The van der Waals surface area contributed by atoms with E-state index in [2.05, 4.69) is 6.58 Å². The summed E-state index contributed by atoms with van der Waals surface area (Å²) < 4.78 is 0. The first-order valence-corrected chi connectivity index (χ1v) is 4.10. The molecule has 1 rings (SSSR count). The molecular formula is C11H10O3. The number of hydrogen-bond donors (Lipinski definition) is 1. The zero-order valence-corrected chi connectivity index (χ0v) is 7.56. The molecule has 14 heavy (non-hydrogen) atoms. The molecule has 0 unspecified atom stereocenters. The van der Waals surface area contributed by atoms with Crippen molar-refractivity contribution in [2.75, 3.05) is 0 Å². The Labute approximate surface area is 81.7 Å². The van der Waals surface area contributed by atoms with Crippen molar-refractivity contribution < 1.29 is 14.7 Å². The van der Waals surface area contributed by atoms with Crippen LogP contribution in [0, 0.1) is 0 Å². The molecule has 0 aliphatic rings. The first kappa shape index (κ1) is 10.2. The summed E-state index contributed by atoms with van der Waals surface area (Å²) in [6, 6.07) is 8.56. The maximum atomic E-state index is 11.4. The van der Waals surface area contributed by atoms with E-state index in [4.69, 9.17) is 5.11 Å². The van der Waals surface area contributed by atoms with Crippen LogP contribution in [0.4, 0.5) is 0 Å². The minimum atomic E-state index is -1.13. The van der Waals surface area contributed by atoms with Crippen molar-refractivity contribution in [3.63, 3.8) is 0 Å². The molecule has 0 heterocycles. The summed E-state index contributed by atoms with van der Waals surface area (Å²) in [6.07, 6.45) is -0.140. The van der Waals surface area contributed by atoms with Crippen molar-refractivity contribution in [3.8, 4) is 0 Å². The summed E-state index contributed by atoms with van der Waals surface area (Å²) in [4.78, 5) is 21.8. The Morgan fingerprint density at radius 2 is 1.79 bits per heavy atom. The summed E-state index contributed by atoms with van der Waals surface area (Å²) in [7, 11) is 0. The first-order chi connectivity index (χ1) is 6.61. The monoisotopic (exact) mass is 190 g/mol. The van der Waals surface area contributed by atoms with Crippen molar-refractivity contribution in [2.24, 2.45) is 0 Å². The van der Waals surface area contributed by atoms with Crippen molar-refractivity contribution >= 4 is 11.8 Å². The first-order valence-electron chi connectivity index (χ1n) is 4.10. The van der Waals surface area contributed by atoms with Gasteiger partial charge in [-0.05, 0) is 0 Å². The number of carbonyl (C=O) groups excluding carboxylic acids is 1. The second-order valence-electron chi connectivity index (χ2n) is 2.87. The predicted molar refractivity (Wildman–Crippen MR) is 52.2 cm³/mol. The Balaban J connectivity index is 2.69. The molecule has 0 fully saturated rings. The molecule has 1 N–H and O–H groups in total. The molecule has 0 atom stereocenters. The van der Waals surface area contributed by atoms with E-state index in [1.807, 2.05) is 0 Å². The fourth-order valence-electron chi connectivity index (χ4n) is 0.996. The van der Waals surface area contributed by atoms with Crippen molar-refractivity contribution in [1.82, 2.24) is 0 Å². The van der Waals surface area contributed by atoms with E-state index in [0.29, 0.717) is 5.56 Å². The van der Waals surface area contributed by atoms with Crippen LogP contribution >= 0.6 is 0 Å². The molecule has 3 heteroatoms. The lowest BCUT2D eigenvalue weighted by Crippen LogP contribution is -2.06. The quantitative estimate of drug-likeness (QED) is 0.582. The van der Waals surface area contributed by atoms with Crippen LogP contribution in [0.1, 0.15) is 16.8 Å². The third-order valence-electron chi connectivity index (χ3n) is 1.77. The van der Waals surface area contributed by atoms with E-state index in [1.54, 1.807) is 30.3 Å². The predicted octanol–water partition coefficient (Wildman–Crippen LogP) is 1.90. The summed E-state index contributed by atoms with van der Waals surface area (Å²) in [5.74, 6) is -1.35. The summed E-state index contributed by atoms with van der Waals surface area (Å²) >= 11 is 0. The minimum Gasteiger partial charge on any atom is -0.478 e. The van der Waals surface area contributed by atoms with E-state index < -0.39 is 5.97 Å². The van der Waals surface area contributed by atoms with Gasteiger partial charge in [-0.2, -0.15) is 0 Å². The summed E-state index contributed by atoms with van der Waals surface area (Å²) in [6.45, 7) is 3.30. The smallest absolute Gasteiger partial charge is 0.331 e. The lowest BCUT2D eigenvalue weighted by Gasteiger charge is -1.99. The molecule has 0 aliphatic carbocycles. The highest BCUT2D eigenvalue weighted by Gasteiger charge is 2.11. The topological polar surface area (TPSA) is 54.4 Å². The molecule has 0 aliphatic heterocycles. The highest BCUT2D eigenvalue weighted by atomic mass is 16.4. The van der Waals surface area contributed by atoms with Gasteiger partial charge in [-0.15, -0.1) is 0 Å². The van der Waals surface area contributed by atoms with Gasteiger partial charge in [-0.25, -0.2) is 4.79 Å². The number of carboxylic acid groups (broad SMARTS) is 1. The summed E-state index contributed by atoms with van der Waals surface area (Å²) in [5.41, 5.74) is 0.425. The number of aliphatic carboxylic acids is 1. The third-order valence-corrected chi connectivity index (χ3v) is 1.77. The molecule has 0 spiro atoms. The number of benzene rings is 1. The number of carbonyl (C=O) groups is 2. The fraction of sp³-hybridized carbons (Fsp3) is 0.0909. The van der Waals surface area contributed by atoms with Gasteiger partial charge < -0.3 is 5.11 Å². The van der Waals surface area contributed by atoms with Gasteiger partial charge >= 0.3 is 5.97 Å². The number of carboxylic acids is 1. The van der Waals surface area contributed by atoms with Crippen LogP contribution in [-0.2, 0) is 4.79 Å². The van der Waals surface area contributed by atoms with Crippen molar-refractivity contribution in [3.05, 3.63) is 48.0 Å². The largest absolute Gasteiger partial charge is 0.478 e. The average molecular weight is 190 g/mol. The highest BCUT2D eigenvalue weighted by molar-refractivity contribution is 6.02. The van der Waals surface area contributed by atoms with Gasteiger partial charge in [-0.3, -0.25) is 4.79 Å². The van der Waals surface area contributed by atoms with Crippen LogP contribution in [0.2, 0.25) is 0 Å². The zero-order chi connectivity index (χ0) is 10.6. The van der Waals surface area contributed by atoms with E-state index in [0.717, 1.165) is 0 Å². The number of Topliss-reactive ketones (excluding diaryl/α,β-unsaturated/α-hetero) is 1. The molecule has 72 valence electrons. The minimum absolute atomic E-state index is 0.0844. The van der Waals surface area contributed by atoms with Crippen LogP contribution in [0.15, 0.2) is 42.5 Å². The number of ketones is 1. The Hall–Kier alpha value is -1.90. The highest BCUT2D eigenvalue weighted by Crippen LogP contribution is 2.07. The van der Waals surface area contributed by atoms with E-state index in [9.17, 15) is 9.59 Å². The van der Waals surface area contributed by atoms with E-state index in [-0.39, 0.29) is 17.8 Å². The standard InChI is InChI=1S/C11H10O3/c1-8(11(13)14)7-10(12)9-5-3-2-4-6-9/h2-6H,1,7H2,(H,13,14). The van der Waals surface area contributed by atoms with E-state index in [1.165, 1.54) is 0 Å². The second-order valence-corrected chi connectivity index (χ2v) is 2.87. The van der Waals surface area contributed by atoms with Crippen LogP contribution in [0.5, 0.6) is 0 Å². The second kappa shape index (κ2) is 4.37. The fourth-order valence-corrected chi connectivity index (χ4v) is 0.996. The molecule has 0 saturated heterocycles. The normalized spacial score (nSPS) is 9.43. The van der Waals surface area contributed by atoms with Gasteiger partial charge in [0.05, 0.1) is 0 Å². The SMILES string of the molecule is C=C(CC(=O)c1ccccc1)C(=O)O. The lowest BCUT2D eigenvalue weighted by molar-refractivity contribution is -0.132. The Morgan fingerprint density at radius 1 is 1.21 bits per heavy atom. The molecule has 0 aromatic heterocycles. The Morgan fingerprint density at radius 3 is 2.29 bits per heavy atom. The van der Waals surface area contributed by atoms with Crippen LogP contribution in [0.25, 0.3) is 0 Å². The molecule has 3 nitrogen and oxygen atoms in total. The van der Waals surface area contributed by atoms with Crippen molar-refractivity contribution in [1.29, 1.82) is 0 Å². The molecule has 0 saturated carbocycles. The third kappa shape index (κ3) is 2.55. The Kier molecular flexibility index (Phi) is 3.18.